The normalized spacial score (nSPS) is 21.1. The maximum Gasteiger partial charge on any atom is 0.421 e. The van der Waals surface area contributed by atoms with E-state index in [0.29, 0.717) is 17.5 Å². The summed E-state index contributed by atoms with van der Waals surface area (Å²) in [5.74, 6) is -3.84. The number of benzene rings is 3. The van der Waals surface area contributed by atoms with Gasteiger partial charge in [0.05, 0.1) is 25.6 Å². The maximum absolute atomic E-state index is 14.8. The van der Waals surface area contributed by atoms with E-state index >= 15 is 0 Å². The van der Waals surface area contributed by atoms with Gasteiger partial charge in [-0.25, -0.2) is 14.5 Å². The highest BCUT2D eigenvalue weighted by atomic mass is 16.6. The molecule has 0 saturated carbocycles. The van der Waals surface area contributed by atoms with Gasteiger partial charge in [0.1, 0.15) is 16.9 Å². The first-order chi connectivity index (χ1) is 20.0. The molecule has 0 bridgehead atoms. The Morgan fingerprint density at radius 1 is 0.857 bits per heavy atom. The predicted molar refractivity (Wildman–Crippen MR) is 155 cm³/mol. The first-order valence-corrected chi connectivity index (χ1v) is 13.6. The third-order valence-electron chi connectivity index (χ3n) is 7.46. The summed E-state index contributed by atoms with van der Waals surface area (Å²) in [4.78, 5) is 60.9. The van der Waals surface area contributed by atoms with E-state index in [0.717, 1.165) is 16.0 Å². The number of nitrogens with zero attached hydrogens (tertiary/aromatic N) is 2. The number of methoxy groups -OCH3 is 2. The second kappa shape index (κ2) is 10.9. The van der Waals surface area contributed by atoms with E-state index in [1.54, 1.807) is 63.2 Å². The molecule has 2 amide bonds. The van der Waals surface area contributed by atoms with Crippen molar-refractivity contribution in [2.75, 3.05) is 19.1 Å². The number of carbonyl (C=O) groups excluding carboxylic acids is 4. The number of hydrogen-bond donors (Lipinski definition) is 0. The van der Waals surface area contributed by atoms with Crippen molar-refractivity contribution in [3.63, 3.8) is 0 Å². The Balaban J connectivity index is 1.81. The lowest BCUT2D eigenvalue weighted by atomic mass is 9.65. The van der Waals surface area contributed by atoms with Crippen LogP contribution in [0.5, 0.6) is 0 Å². The summed E-state index contributed by atoms with van der Waals surface area (Å²) in [5, 5.41) is 0. The van der Waals surface area contributed by atoms with E-state index in [1.165, 1.54) is 14.2 Å². The molecule has 2 heterocycles. The number of hydrogen-bond acceptors (Lipinski definition) is 8. The summed E-state index contributed by atoms with van der Waals surface area (Å²) < 4.78 is 15.9. The van der Waals surface area contributed by atoms with Crippen molar-refractivity contribution in [2.45, 2.75) is 44.2 Å². The second-order valence-electron chi connectivity index (χ2n) is 11.3. The van der Waals surface area contributed by atoms with Gasteiger partial charge in [-0.3, -0.25) is 14.6 Å². The molecule has 3 atom stereocenters. The average molecular weight is 569 g/mol. The molecule has 3 unspecified atom stereocenters. The van der Waals surface area contributed by atoms with E-state index in [1.807, 2.05) is 36.4 Å². The molecule has 0 aromatic heterocycles. The molecule has 9 nitrogen and oxygen atoms in total. The van der Waals surface area contributed by atoms with Crippen LogP contribution in [0.3, 0.4) is 0 Å². The molecule has 3 aromatic rings. The Morgan fingerprint density at radius 3 is 2.07 bits per heavy atom. The van der Waals surface area contributed by atoms with Gasteiger partial charge in [0.25, 0.3) is 5.91 Å². The van der Waals surface area contributed by atoms with Gasteiger partial charge in [-0.15, -0.1) is 0 Å². The van der Waals surface area contributed by atoms with Gasteiger partial charge in [-0.05, 0) is 55.5 Å². The van der Waals surface area contributed by atoms with Crippen LogP contribution in [-0.2, 0) is 40.4 Å². The van der Waals surface area contributed by atoms with Crippen molar-refractivity contribution in [1.29, 1.82) is 0 Å². The smallest absolute Gasteiger partial charge is 0.421 e. The quantitative estimate of drug-likeness (QED) is 0.326. The summed E-state index contributed by atoms with van der Waals surface area (Å²) >= 11 is 0. The molecule has 2 aliphatic heterocycles. The lowest BCUT2D eigenvalue weighted by molar-refractivity contribution is -0.155. The first kappa shape index (κ1) is 28.7. The van der Waals surface area contributed by atoms with E-state index in [-0.39, 0.29) is 11.4 Å². The van der Waals surface area contributed by atoms with E-state index < -0.39 is 46.9 Å². The largest absolute Gasteiger partial charge is 0.469 e. The van der Waals surface area contributed by atoms with Crippen LogP contribution in [0, 0.1) is 5.92 Å². The van der Waals surface area contributed by atoms with Gasteiger partial charge in [-0.1, -0.05) is 72.8 Å². The van der Waals surface area contributed by atoms with Gasteiger partial charge in [0.15, 0.2) is 6.04 Å². The average Bonchev–Trinajstić information content (AvgIpc) is 3.45. The summed E-state index contributed by atoms with van der Waals surface area (Å²) in [5.41, 5.74) is 0.343. The summed E-state index contributed by atoms with van der Waals surface area (Å²) in [6, 6.07) is 22.5. The van der Waals surface area contributed by atoms with E-state index in [9.17, 15) is 19.2 Å². The SMILES string of the molecule is COC(=O)C1N=C(c2ccccc2)C2(C(=O)N(C(=O)OC(C)(C)C)c3ccc(Cc4ccccc4)cc32)C1C(=O)OC. The molecule has 2 aliphatic rings. The molecule has 0 aliphatic carbocycles. The van der Waals surface area contributed by atoms with Crippen LogP contribution < -0.4 is 4.90 Å². The third-order valence-corrected chi connectivity index (χ3v) is 7.46. The van der Waals surface area contributed by atoms with Crippen LogP contribution in [0.1, 0.15) is 43.0 Å². The van der Waals surface area contributed by atoms with Gasteiger partial charge in [-0.2, -0.15) is 0 Å². The number of esters is 2. The number of amides is 2. The van der Waals surface area contributed by atoms with Crippen molar-refractivity contribution in [1.82, 2.24) is 0 Å². The molecular formula is C33H32N2O7. The van der Waals surface area contributed by atoms with Crippen LogP contribution in [0.15, 0.2) is 83.9 Å². The lowest BCUT2D eigenvalue weighted by Gasteiger charge is -2.32. The fourth-order valence-electron chi connectivity index (χ4n) is 5.79. The Morgan fingerprint density at radius 2 is 1.48 bits per heavy atom. The second-order valence-corrected chi connectivity index (χ2v) is 11.3. The van der Waals surface area contributed by atoms with Crippen LogP contribution >= 0.6 is 0 Å². The highest BCUT2D eigenvalue weighted by Crippen LogP contribution is 2.54. The van der Waals surface area contributed by atoms with Gasteiger partial charge in [0, 0.05) is 0 Å². The van der Waals surface area contributed by atoms with Crippen molar-refractivity contribution in [2.24, 2.45) is 10.9 Å². The molecule has 0 fully saturated rings. The van der Waals surface area contributed by atoms with Crippen LogP contribution in [0.4, 0.5) is 10.5 Å². The lowest BCUT2D eigenvalue weighted by Crippen LogP contribution is -2.55. The molecule has 0 N–H and O–H groups in total. The molecule has 3 aromatic carbocycles. The molecule has 42 heavy (non-hydrogen) atoms. The number of rotatable bonds is 5. The first-order valence-electron chi connectivity index (χ1n) is 13.6. The molecular weight excluding hydrogens is 536 g/mol. The minimum Gasteiger partial charge on any atom is -0.469 e. The fraction of sp³-hybridized carbons (Fsp3) is 0.303. The maximum atomic E-state index is 14.8. The van der Waals surface area contributed by atoms with E-state index in [4.69, 9.17) is 14.2 Å². The standard InChI is InChI=1S/C33H32N2O7/c1-32(2,3)42-31(39)35-24-17-16-21(18-20-12-8-6-9-13-20)19-23(24)33(30(35)38)25(28(36)40-4)26(29(37)41-5)34-27(33)22-14-10-7-11-15-22/h6-17,19,25-26H,18H2,1-5H3. The fourth-order valence-corrected chi connectivity index (χ4v) is 5.79. The molecule has 216 valence electrons. The summed E-state index contributed by atoms with van der Waals surface area (Å²) in [6.07, 6.45) is -0.384. The Kier molecular flexibility index (Phi) is 7.45. The highest BCUT2D eigenvalue weighted by Gasteiger charge is 2.69. The van der Waals surface area contributed by atoms with Gasteiger partial charge in [0.2, 0.25) is 0 Å². The minimum absolute atomic E-state index is 0.170. The Hall–Kier alpha value is -4.79. The van der Waals surface area contributed by atoms with Crippen molar-refractivity contribution in [3.05, 3.63) is 101 Å². The van der Waals surface area contributed by atoms with Crippen molar-refractivity contribution >= 4 is 35.3 Å². The molecule has 0 radical (unpaired) electrons. The van der Waals surface area contributed by atoms with Crippen LogP contribution in [0.25, 0.3) is 0 Å². The molecule has 0 saturated heterocycles. The predicted octanol–water partition coefficient (Wildman–Crippen LogP) is 4.63. The van der Waals surface area contributed by atoms with Gasteiger partial charge < -0.3 is 14.2 Å². The Bertz CT molecular complexity index is 1580. The van der Waals surface area contributed by atoms with Crippen molar-refractivity contribution in [3.8, 4) is 0 Å². The zero-order valence-corrected chi connectivity index (χ0v) is 24.1. The topological polar surface area (TPSA) is 112 Å². The Labute approximate surface area is 244 Å². The number of carbonyl (C=O) groups is 4. The van der Waals surface area contributed by atoms with Gasteiger partial charge >= 0.3 is 18.0 Å². The third kappa shape index (κ3) is 4.74. The van der Waals surface area contributed by atoms with Crippen molar-refractivity contribution < 1.29 is 33.4 Å². The monoisotopic (exact) mass is 568 g/mol. The number of aliphatic imine (C=N–C) groups is 1. The minimum atomic E-state index is -1.88. The molecule has 5 rings (SSSR count). The number of ether oxygens (including phenoxy) is 3. The zero-order valence-electron chi connectivity index (χ0n) is 24.1. The number of imide groups is 1. The van der Waals surface area contributed by atoms with Crippen LogP contribution in [0.2, 0.25) is 0 Å². The zero-order chi connectivity index (χ0) is 30.2. The number of fused-ring (bicyclic) bond motifs is 2. The summed E-state index contributed by atoms with van der Waals surface area (Å²) in [7, 11) is 2.37. The number of anilines is 1. The summed E-state index contributed by atoms with van der Waals surface area (Å²) in [6.45, 7) is 5.09. The molecule has 1 spiro atoms. The van der Waals surface area contributed by atoms with Crippen LogP contribution in [-0.4, -0.2) is 55.5 Å². The molecule has 9 heteroatoms. The van der Waals surface area contributed by atoms with E-state index in [2.05, 4.69) is 4.99 Å². The highest BCUT2D eigenvalue weighted by molar-refractivity contribution is 6.36.